The van der Waals surface area contributed by atoms with Gasteiger partial charge in [-0.25, -0.2) is 0 Å². The zero-order valence-electron chi connectivity index (χ0n) is 23.3. The molecule has 2 amide bonds. The van der Waals surface area contributed by atoms with E-state index >= 15 is 0 Å². The van der Waals surface area contributed by atoms with E-state index in [1.54, 1.807) is 24.0 Å². The van der Waals surface area contributed by atoms with Gasteiger partial charge >= 0.3 is 0 Å². The van der Waals surface area contributed by atoms with Gasteiger partial charge in [0.05, 0.1) is 24.0 Å². The van der Waals surface area contributed by atoms with Crippen molar-refractivity contribution in [3.63, 3.8) is 0 Å². The van der Waals surface area contributed by atoms with Crippen LogP contribution in [-0.4, -0.2) is 57.2 Å². The topological polar surface area (TPSA) is 59.1 Å². The second-order valence-corrected chi connectivity index (χ2v) is 9.18. The number of amides is 2. The van der Waals surface area contributed by atoms with Crippen LogP contribution in [0.2, 0.25) is 0 Å². The number of hydrogen-bond donors (Lipinski definition) is 0. The van der Waals surface area contributed by atoms with Crippen molar-refractivity contribution in [2.45, 2.75) is 59.9 Å². The van der Waals surface area contributed by atoms with Gasteiger partial charge in [-0.3, -0.25) is 14.5 Å². The standard InChI is InChI=1S/C15H22ClNO2.C14H20ClNO2/c1-5-13-8-6-7-11(2)15(13)17(14(18)9-16)12(3)10-19-4;1-4-11-7-6-8-12(5-2)14(11)16(10-18-3)13(17)9-15/h6-8,12H,5,9-10H2,1-4H3;6-8H,4-5,9-10H2,1-3H3. The second kappa shape index (κ2) is 17.4. The Morgan fingerprint density at radius 3 is 1.73 bits per heavy atom. The number of anilines is 2. The molecule has 0 aliphatic carbocycles. The first-order valence-electron chi connectivity index (χ1n) is 12.7. The SMILES string of the molecule is CCc1cccc(C)c1N(C(=O)CCl)C(C)COC.CCc1cccc(CC)c1N(COC)C(=O)CCl. The molecule has 2 aromatic rings. The molecular formula is C29H42Cl2N2O4. The molecule has 1 atom stereocenters. The number of carbonyl (C=O) groups excluding carboxylic acids is 2. The monoisotopic (exact) mass is 552 g/mol. The third-order valence-corrected chi connectivity index (χ3v) is 6.54. The number of carbonyl (C=O) groups is 2. The van der Waals surface area contributed by atoms with Crippen LogP contribution in [-0.2, 0) is 38.3 Å². The molecule has 8 heteroatoms. The van der Waals surface area contributed by atoms with Crippen LogP contribution >= 0.6 is 23.2 Å². The van der Waals surface area contributed by atoms with Crippen molar-refractivity contribution in [1.82, 2.24) is 0 Å². The van der Waals surface area contributed by atoms with Crippen LogP contribution in [0.5, 0.6) is 0 Å². The van der Waals surface area contributed by atoms with Gasteiger partial charge in [-0.2, -0.15) is 0 Å². The van der Waals surface area contributed by atoms with E-state index in [0.717, 1.165) is 52.9 Å². The molecule has 2 aromatic carbocycles. The smallest absolute Gasteiger partial charge is 0.243 e. The maximum atomic E-state index is 12.2. The molecule has 0 aromatic heterocycles. The third-order valence-electron chi connectivity index (χ3n) is 6.08. The highest BCUT2D eigenvalue weighted by Crippen LogP contribution is 2.29. The Morgan fingerprint density at radius 1 is 0.811 bits per heavy atom. The van der Waals surface area contributed by atoms with Gasteiger partial charge in [-0.05, 0) is 55.4 Å². The minimum Gasteiger partial charge on any atom is -0.383 e. The van der Waals surface area contributed by atoms with Gasteiger partial charge in [0.2, 0.25) is 11.8 Å². The lowest BCUT2D eigenvalue weighted by molar-refractivity contribution is -0.117. The van der Waals surface area contributed by atoms with Gasteiger partial charge in [-0.1, -0.05) is 57.2 Å². The van der Waals surface area contributed by atoms with Crippen molar-refractivity contribution >= 4 is 46.4 Å². The lowest BCUT2D eigenvalue weighted by Crippen LogP contribution is -2.43. The summed E-state index contributed by atoms with van der Waals surface area (Å²) in [6.07, 6.45) is 2.63. The fraction of sp³-hybridized carbons (Fsp3) is 0.517. The molecule has 0 saturated carbocycles. The molecule has 0 fully saturated rings. The van der Waals surface area contributed by atoms with Crippen molar-refractivity contribution in [2.75, 3.05) is 49.1 Å². The summed E-state index contributed by atoms with van der Waals surface area (Å²) in [6.45, 7) is 10.9. The van der Waals surface area contributed by atoms with E-state index in [1.807, 2.05) is 44.2 Å². The van der Waals surface area contributed by atoms with Crippen molar-refractivity contribution in [2.24, 2.45) is 0 Å². The number of halogens is 2. The first-order chi connectivity index (χ1) is 17.7. The van der Waals surface area contributed by atoms with E-state index in [1.165, 1.54) is 0 Å². The Kier molecular flexibility index (Phi) is 15.5. The number of benzene rings is 2. The number of ether oxygens (including phenoxy) is 2. The lowest BCUT2D eigenvalue weighted by atomic mass is 10.0. The zero-order valence-corrected chi connectivity index (χ0v) is 24.8. The molecule has 0 saturated heterocycles. The van der Waals surface area contributed by atoms with Crippen LogP contribution in [0.4, 0.5) is 11.4 Å². The molecule has 0 aliphatic heterocycles. The van der Waals surface area contributed by atoms with Crippen molar-refractivity contribution in [3.05, 3.63) is 58.7 Å². The van der Waals surface area contributed by atoms with Crippen molar-refractivity contribution in [3.8, 4) is 0 Å². The van der Waals surface area contributed by atoms with E-state index in [-0.39, 0.29) is 36.3 Å². The molecule has 0 N–H and O–H groups in total. The van der Waals surface area contributed by atoms with Gasteiger partial charge in [-0.15, -0.1) is 23.2 Å². The fourth-order valence-corrected chi connectivity index (χ4v) is 4.62. The van der Waals surface area contributed by atoms with Crippen LogP contribution in [0.25, 0.3) is 0 Å². The maximum Gasteiger partial charge on any atom is 0.243 e. The quantitative estimate of drug-likeness (QED) is 0.234. The number of rotatable bonds is 12. The van der Waals surface area contributed by atoms with E-state index < -0.39 is 0 Å². The molecule has 0 heterocycles. The summed E-state index contributed by atoms with van der Waals surface area (Å²) in [5.74, 6) is -0.278. The molecule has 0 spiro atoms. The summed E-state index contributed by atoms with van der Waals surface area (Å²) in [5, 5.41) is 0. The fourth-order valence-electron chi connectivity index (χ4n) is 4.35. The van der Waals surface area contributed by atoms with Gasteiger partial charge < -0.3 is 14.4 Å². The average molecular weight is 554 g/mol. The molecule has 37 heavy (non-hydrogen) atoms. The number of alkyl halides is 2. The molecule has 6 nitrogen and oxygen atoms in total. The molecule has 1 unspecified atom stereocenters. The van der Waals surface area contributed by atoms with Gasteiger partial charge in [0.25, 0.3) is 0 Å². The Balaban J connectivity index is 0.000000371. The number of hydrogen-bond acceptors (Lipinski definition) is 4. The predicted molar refractivity (Wildman–Crippen MR) is 155 cm³/mol. The second-order valence-electron chi connectivity index (χ2n) is 8.64. The number of nitrogens with zero attached hydrogens (tertiary/aromatic N) is 2. The van der Waals surface area contributed by atoms with E-state index in [4.69, 9.17) is 32.7 Å². The highest BCUT2D eigenvalue weighted by atomic mass is 35.5. The van der Waals surface area contributed by atoms with E-state index in [0.29, 0.717) is 6.61 Å². The molecule has 0 bridgehead atoms. The molecule has 0 radical (unpaired) electrons. The predicted octanol–water partition coefficient (Wildman–Crippen LogP) is 6.15. The highest BCUT2D eigenvalue weighted by molar-refractivity contribution is 6.30. The van der Waals surface area contributed by atoms with Crippen LogP contribution in [0.1, 0.15) is 49.9 Å². The molecular weight excluding hydrogens is 511 g/mol. The molecule has 206 valence electrons. The van der Waals surface area contributed by atoms with Gasteiger partial charge in [0.1, 0.15) is 18.5 Å². The number of para-hydroxylation sites is 2. The summed E-state index contributed by atoms with van der Waals surface area (Å²) in [4.78, 5) is 27.5. The first kappa shape index (κ1) is 32.9. The highest BCUT2D eigenvalue weighted by Gasteiger charge is 2.24. The zero-order chi connectivity index (χ0) is 28.0. The maximum absolute atomic E-state index is 12.2. The van der Waals surface area contributed by atoms with Crippen molar-refractivity contribution < 1.29 is 19.1 Å². The molecule has 2 rings (SSSR count). The Hall–Kier alpha value is -2.12. The minimum absolute atomic E-state index is 0.0223. The van der Waals surface area contributed by atoms with Gasteiger partial charge in [0, 0.05) is 14.2 Å². The molecule has 0 aliphatic rings. The summed E-state index contributed by atoms with van der Waals surface area (Å²) in [7, 11) is 3.22. The Bertz CT molecular complexity index is 978. The number of aryl methyl sites for hydroxylation is 4. The third kappa shape index (κ3) is 8.99. The van der Waals surface area contributed by atoms with E-state index in [2.05, 4.69) is 26.8 Å². The minimum atomic E-state index is -0.130. The summed E-state index contributed by atoms with van der Waals surface area (Å²) < 4.78 is 10.3. The Morgan fingerprint density at radius 2 is 1.30 bits per heavy atom. The number of methoxy groups -OCH3 is 2. The largest absolute Gasteiger partial charge is 0.383 e. The Labute approximate surface area is 232 Å². The first-order valence-corrected chi connectivity index (χ1v) is 13.7. The summed E-state index contributed by atoms with van der Waals surface area (Å²) >= 11 is 11.4. The van der Waals surface area contributed by atoms with Crippen LogP contribution in [0.3, 0.4) is 0 Å². The summed E-state index contributed by atoms with van der Waals surface area (Å²) in [5.41, 5.74) is 6.45. The average Bonchev–Trinajstić information content (AvgIpc) is 2.92. The van der Waals surface area contributed by atoms with Crippen LogP contribution < -0.4 is 9.80 Å². The van der Waals surface area contributed by atoms with Crippen LogP contribution in [0.15, 0.2) is 36.4 Å². The normalized spacial score (nSPS) is 11.4. The van der Waals surface area contributed by atoms with Crippen molar-refractivity contribution in [1.29, 1.82) is 0 Å². The van der Waals surface area contributed by atoms with Gasteiger partial charge in [0.15, 0.2) is 0 Å². The lowest BCUT2D eigenvalue weighted by Gasteiger charge is -2.31. The van der Waals surface area contributed by atoms with Crippen LogP contribution in [0, 0.1) is 6.92 Å². The summed E-state index contributed by atoms with van der Waals surface area (Å²) in [6, 6.07) is 12.2. The van der Waals surface area contributed by atoms with E-state index in [9.17, 15) is 9.59 Å².